The highest BCUT2D eigenvalue weighted by Crippen LogP contribution is 2.32. The van der Waals surface area contributed by atoms with Gasteiger partial charge in [-0.2, -0.15) is 9.97 Å². The zero-order valence-electron chi connectivity index (χ0n) is 24.7. The van der Waals surface area contributed by atoms with Gasteiger partial charge < -0.3 is 19.7 Å². The Bertz CT molecular complexity index is 856. The molecule has 10 heteroatoms. The summed E-state index contributed by atoms with van der Waals surface area (Å²) in [7, 11) is 3.85. The molecule has 3 aromatic rings. The van der Waals surface area contributed by atoms with E-state index in [4.69, 9.17) is 9.05 Å². The van der Waals surface area contributed by atoms with E-state index >= 15 is 0 Å². The predicted octanol–water partition coefficient (Wildman–Crippen LogP) is 7.69. The molecule has 38 heavy (non-hydrogen) atoms. The molecular weight excluding hydrogens is 706 g/mol. The molecule has 0 bridgehead atoms. The normalized spacial score (nSPS) is 11.5. The number of hydrogen-bond acceptors (Lipinski definition) is 8. The van der Waals surface area contributed by atoms with Crippen molar-refractivity contribution in [2.24, 2.45) is 0 Å². The maximum absolute atomic E-state index is 5.23. The van der Waals surface area contributed by atoms with E-state index in [-0.39, 0.29) is 48.0 Å². The third-order valence-electron chi connectivity index (χ3n) is 5.11. The van der Waals surface area contributed by atoms with Crippen LogP contribution in [0.3, 0.4) is 0 Å². The number of halogens is 2. The van der Waals surface area contributed by atoms with Crippen LogP contribution in [0.1, 0.15) is 97.2 Å². The molecular formula is C28H52I2N6O2. The summed E-state index contributed by atoms with van der Waals surface area (Å²) in [6, 6.07) is 9.81. The van der Waals surface area contributed by atoms with Gasteiger partial charge in [-0.25, -0.2) is 0 Å². The molecule has 0 aliphatic heterocycles. The van der Waals surface area contributed by atoms with Gasteiger partial charge >= 0.3 is 0 Å². The number of hydrogen-bond donors (Lipinski definition) is 2. The highest BCUT2D eigenvalue weighted by molar-refractivity contribution is 14.0. The molecule has 2 heterocycles. The van der Waals surface area contributed by atoms with Crippen molar-refractivity contribution in [2.75, 3.05) is 27.2 Å². The van der Waals surface area contributed by atoms with Crippen LogP contribution in [-0.4, -0.2) is 47.5 Å². The summed E-state index contributed by atoms with van der Waals surface area (Å²) in [5.41, 5.74) is 0.983. The van der Waals surface area contributed by atoms with Gasteiger partial charge in [0.1, 0.15) is 0 Å². The lowest BCUT2D eigenvalue weighted by molar-refractivity contribution is 0.366. The first-order valence-electron chi connectivity index (χ1n) is 13.8. The number of benzene rings is 1. The molecule has 2 aromatic heterocycles. The molecule has 2 N–H and O–H groups in total. The average molecular weight is 759 g/mol. The Morgan fingerprint density at radius 3 is 1.87 bits per heavy atom. The Balaban J connectivity index is -0.000000516. The van der Waals surface area contributed by atoms with Gasteiger partial charge in [0.05, 0.1) is 0 Å². The molecule has 8 nitrogen and oxygen atoms in total. The maximum atomic E-state index is 5.23. The Hall–Kier alpha value is -1.12. The molecule has 1 aliphatic rings. The standard InChI is InChI=1S/C11H19N3O.C11H13N3O.3C2H6.2HI/c1-12-8-4-7-10-13-11(14-15-10)9-5-2-3-6-9;1-12-8-7-10-13-11(14-15-10)9-5-3-2-4-6-9;3*1-2;;/h9,12H,2-8H2,1H3;2-6,12H,7-8H2,1H3;3*1-2H3;2*1H. The fraction of sp³-hybridized carbons (Fsp3) is 0.643. The highest BCUT2D eigenvalue weighted by Gasteiger charge is 2.22. The molecule has 1 aromatic carbocycles. The number of aryl methyl sites for hydroxylation is 1. The minimum absolute atomic E-state index is 0. The van der Waals surface area contributed by atoms with Gasteiger partial charge in [-0.1, -0.05) is 95.0 Å². The Kier molecular flexibility index (Phi) is 31.4. The maximum Gasteiger partial charge on any atom is 0.228 e. The molecule has 220 valence electrons. The van der Waals surface area contributed by atoms with Gasteiger partial charge in [-0.05, 0) is 39.9 Å². The summed E-state index contributed by atoms with van der Waals surface area (Å²) in [6.45, 7) is 13.8. The van der Waals surface area contributed by atoms with Crippen molar-refractivity contribution in [1.82, 2.24) is 30.9 Å². The number of likely N-dealkylation sites (N-methyl/N-ethyl adjacent to an activating group) is 1. The van der Waals surface area contributed by atoms with Crippen LogP contribution in [0.4, 0.5) is 0 Å². The molecule has 0 unspecified atom stereocenters. The topological polar surface area (TPSA) is 102 Å². The first kappa shape index (κ1) is 41.4. The lowest BCUT2D eigenvalue weighted by atomic mass is 10.1. The molecule has 1 fully saturated rings. The second-order valence-electron chi connectivity index (χ2n) is 7.47. The summed E-state index contributed by atoms with van der Waals surface area (Å²) in [4.78, 5) is 8.76. The highest BCUT2D eigenvalue weighted by atomic mass is 127. The van der Waals surface area contributed by atoms with E-state index < -0.39 is 0 Å². The van der Waals surface area contributed by atoms with Crippen LogP contribution in [0.25, 0.3) is 11.4 Å². The lowest BCUT2D eigenvalue weighted by Crippen LogP contribution is -2.10. The van der Waals surface area contributed by atoms with Crippen LogP contribution in [0.2, 0.25) is 0 Å². The quantitative estimate of drug-likeness (QED) is 0.169. The van der Waals surface area contributed by atoms with Crippen molar-refractivity contribution in [3.8, 4) is 11.4 Å². The van der Waals surface area contributed by atoms with Crippen molar-refractivity contribution in [1.29, 1.82) is 0 Å². The van der Waals surface area contributed by atoms with Crippen molar-refractivity contribution < 1.29 is 9.05 Å². The van der Waals surface area contributed by atoms with Crippen LogP contribution < -0.4 is 10.6 Å². The van der Waals surface area contributed by atoms with E-state index in [1.807, 2.05) is 86.0 Å². The van der Waals surface area contributed by atoms with Crippen LogP contribution in [0.15, 0.2) is 39.4 Å². The monoisotopic (exact) mass is 758 g/mol. The minimum Gasteiger partial charge on any atom is -0.339 e. The Labute approximate surface area is 265 Å². The van der Waals surface area contributed by atoms with E-state index in [9.17, 15) is 0 Å². The molecule has 0 amide bonds. The number of aromatic nitrogens is 4. The zero-order chi connectivity index (χ0) is 27.0. The largest absolute Gasteiger partial charge is 0.339 e. The van der Waals surface area contributed by atoms with Gasteiger partial charge in [0.25, 0.3) is 0 Å². The van der Waals surface area contributed by atoms with Crippen molar-refractivity contribution in [3.05, 3.63) is 47.9 Å². The Morgan fingerprint density at radius 2 is 1.29 bits per heavy atom. The molecule has 0 radical (unpaired) electrons. The lowest BCUT2D eigenvalue weighted by Gasteiger charge is -1.99. The van der Waals surface area contributed by atoms with Crippen molar-refractivity contribution >= 4 is 48.0 Å². The van der Waals surface area contributed by atoms with Gasteiger partial charge in [0.2, 0.25) is 17.6 Å². The fourth-order valence-electron chi connectivity index (χ4n) is 3.43. The van der Waals surface area contributed by atoms with Gasteiger partial charge in [-0.15, -0.1) is 48.0 Å². The number of nitrogens with one attached hydrogen (secondary N) is 2. The van der Waals surface area contributed by atoms with Gasteiger partial charge in [-0.3, -0.25) is 0 Å². The van der Waals surface area contributed by atoms with E-state index in [1.165, 1.54) is 25.7 Å². The predicted molar refractivity (Wildman–Crippen MR) is 180 cm³/mol. The summed E-state index contributed by atoms with van der Waals surface area (Å²) >= 11 is 0. The minimum atomic E-state index is 0. The van der Waals surface area contributed by atoms with Gasteiger partial charge in [0.15, 0.2) is 5.82 Å². The fourth-order valence-corrected chi connectivity index (χ4v) is 3.43. The average Bonchev–Trinajstić information content (AvgIpc) is 3.74. The summed E-state index contributed by atoms with van der Waals surface area (Å²) in [6.07, 6.45) is 7.80. The second-order valence-corrected chi connectivity index (χ2v) is 7.47. The molecule has 1 saturated carbocycles. The zero-order valence-corrected chi connectivity index (χ0v) is 29.4. The SMILES string of the molecule is CC.CC.CC.CNCCCc1nc(C2CCCC2)no1.CNCCc1nc(-c2ccccc2)no1.I.I. The third kappa shape index (κ3) is 16.8. The number of nitrogens with zero attached hydrogens (tertiary/aromatic N) is 4. The van der Waals surface area contributed by atoms with E-state index in [0.29, 0.717) is 17.6 Å². The molecule has 0 spiro atoms. The molecule has 4 rings (SSSR count). The van der Waals surface area contributed by atoms with Crippen molar-refractivity contribution in [2.45, 2.75) is 92.4 Å². The van der Waals surface area contributed by atoms with Crippen LogP contribution in [0.5, 0.6) is 0 Å². The van der Waals surface area contributed by atoms with Crippen LogP contribution in [-0.2, 0) is 12.8 Å². The summed E-state index contributed by atoms with van der Waals surface area (Å²) < 4.78 is 10.4. The van der Waals surface area contributed by atoms with Crippen molar-refractivity contribution in [3.63, 3.8) is 0 Å². The van der Waals surface area contributed by atoms with Crippen LogP contribution >= 0.6 is 48.0 Å². The summed E-state index contributed by atoms with van der Waals surface area (Å²) in [5.74, 6) is 3.62. The van der Waals surface area contributed by atoms with E-state index in [2.05, 4.69) is 30.9 Å². The van der Waals surface area contributed by atoms with E-state index in [0.717, 1.165) is 49.6 Å². The molecule has 0 saturated heterocycles. The smallest absolute Gasteiger partial charge is 0.228 e. The Morgan fingerprint density at radius 1 is 0.737 bits per heavy atom. The van der Waals surface area contributed by atoms with Gasteiger partial charge in [0, 0.05) is 30.9 Å². The van der Waals surface area contributed by atoms with Crippen LogP contribution in [0, 0.1) is 0 Å². The first-order chi connectivity index (χ1) is 17.8. The number of rotatable bonds is 9. The second kappa shape index (κ2) is 28.9. The third-order valence-corrected chi connectivity index (χ3v) is 5.11. The first-order valence-corrected chi connectivity index (χ1v) is 13.8. The molecule has 1 aliphatic carbocycles. The molecule has 0 atom stereocenters. The van der Waals surface area contributed by atoms with E-state index in [1.54, 1.807) is 0 Å². The summed E-state index contributed by atoms with van der Waals surface area (Å²) in [5, 5.41) is 14.1.